The van der Waals surface area contributed by atoms with Gasteiger partial charge in [-0.25, -0.2) is 4.68 Å². The van der Waals surface area contributed by atoms with Gasteiger partial charge in [0, 0.05) is 18.7 Å². The van der Waals surface area contributed by atoms with E-state index in [1.165, 1.54) is 0 Å². The van der Waals surface area contributed by atoms with Crippen LogP contribution in [0.25, 0.3) is 0 Å². The molecule has 1 amide bonds. The number of ether oxygens (including phenoxy) is 1. The molecule has 152 valence electrons. The zero-order valence-corrected chi connectivity index (χ0v) is 17.1. The molecular formula is C21H30N4O3. The normalized spacial score (nSPS) is 12.0. The third kappa shape index (κ3) is 6.81. The van der Waals surface area contributed by atoms with Gasteiger partial charge in [-0.3, -0.25) is 9.59 Å². The van der Waals surface area contributed by atoms with Crippen molar-refractivity contribution in [1.29, 1.82) is 0 Å². The summed E-state index contributed by atoms with van der Waals surface area (Å²) < 4.78 is 7.03. The summed E-state index contributed by atoms with van der Waals surface area (Å²) in [6.45, 7) is 8.51. The van der Waals surface area contributed by atoms with Crippen molar-refractivity contribution in [2.75, 3.05) is 11.9 Å². The Balaban J connectivity index is 2.00. The molecule has 1 heterocycles. The van der Waals surface area contributed by atoms with Crippen LogP contribution >= 0.6 is 0 Å². The molecule has 7 nitrogen and oxygen atoms in total. The van der Waals surface area contributed by atoms with Gasteiger partial charge in [-0.05, 0) is 32.8 Å². The van der Waals surface area contributed by atoms with E-state index >= 15 is 0 Å². The topological polar surface area (TPSA) is 85.3 Å². The van der Waals surface area contributed by atoms with E-state index in [1.807, 2.05) is 45.0 Å². The fourth-order valence-electron chi connectivity index (χ4n) is 2.82. The lowest BCUT2D eigenvalue weighted by Crippen LogP contribution is -2.33. The molecule has 1 aromatic carbocycles. The maximum absolute atomic E-state index is 12.4. The molecule has 0 saturated heterocycles. The molecule has 28 heavy (non-hydrogen) atoms. The van der Waals surface area contributed by atoms with Crippen LogP contribution in [0.3, 0.4) is 0 Å². The van der Waals surface area contributed by atoms with Gasteiger partial charge in [-0.1, -0.05) is 36.8 Å². The molecule has 0 aliphatic rings. The van der Waals surface area contributed by atoms with E-state index in [0.717, 1.165) is 24.1 Å². The van der Waals surface area contributed by atoms with Gasteiger partial charge in [0.1, 0.15) is 5.82 Å². The second-order valence-corrected chi connectivity index (χ2v) is 7.07. The summed E-state index contributed by atoms with van der Waals surface area (Å²) in [7, 11) is 0. The quantitative estimate of drug-likeness (QED) is 0.613. The molecular weight excluding hydrogens is 356 g/mol. The number of nitrogens with one attached hydrogen (secondary N) is 2. The molecule has 0 bridgehead atoms. The number of aryl methyl sites for hydroxylation is 2. The maximum Gasteiger partial charge on any atom is 0.307 e. The van der Waals surface area contributed by atoms with E-state index in [0.29, 0.717) is 5.82 Å². The van der Waals surface area contributed by atoms with Crippen LogP contribution < -0.4 is 10.6 Å². The SMILES string of the molecule is CCCn1nccc1NC(=O)CNC(CC(=O)OC(C)C)c1ccc(C)cc1. The lowest BCUT2D eigenvalue weighted by atomic mass is 10.0. The highest BCUT2D eigenvalue weighted by molar-refractivity contribution is 5.91. The van der Waals surface area contributed by atoms with Crippen LogP contribution in [0.2, 0.25) is 0 Å². The Morgan fingerprint density at radius 2 is 1.89 bits per heavy atom. The van der Waals surface area contributed by atoms with Gasteiger partial charge in [-0.15, -0.1) is 0 Å². The summed E-state index contributed by atoms with van der Waals surface area (Å²) in [6, 6.07) is 9.36. The molecule has 1 atom stereocenters. The van der Waals surface area contributed by atoms with Crippen LogP contribution in [0.15, 0.2) is 36.5 Å². The number of esters is 1. The minimum Gasteiger partial charge on any atom is -0.463 e. The Kier molecular flexibility index (Phi) is 8.19. The predicted octanol–water partition coefficient (Wildman–Crippen LogP) is 3.21. The molecule has 2 rings (SSSR count). The minimum absolute atomic E-state index is 0.0742. The van der Waals surface area contributed by atoms with Crippen molar-refractivity contribution < 1.29 is 14.3 Å². The second-order valence-electron chi connectivity index (χ2n) is 7.07. The Bertz CT molecular complexity index is 768. The molecule has 0 fully saturated rings. The van der Waals surface area contributed by atoms with Crippen LogP contribution in [0.5, 0.6) is 0 Å². The number of nitrogens with zero attached hydrogens (tertiary/aromatic N) is 2. The lowest BCUT2D eigenvalue weighted by molar-refractivity contribution is -0.148. The molecule has 2 N–H and O–H groups in total. The maximum atomic E-state index is 12.4. The second kappa shape index (κ2) is 10.6. The first-order chi connectivity index (χ1) is 13.4. The summed E-state index contributed by atoms with van der Waals surface area (Å²) in [6.07, 6.45) is 2.57. The zero-order valence-electron chi connectivity index (χ0n) is 17.1. The molecule has 0 saturated carbocycles. The van der Waals surface area contributed by atoms with Gasteiger partial charge in [-0.2, -0.15) is 5.10 Å². The smallest absolute Gasteiger partial charge is 0.307 e. The van der Waals surface area contributed by atoms with Crippen LogP contribution in [-0.2, 0) is 20.9 Å². The minimum atomic E-state index is -0.307. The van der Waals surface area contributed by atoms with Crippen LogP contribution in [-0.4, -0.2) is 34.3 Å². The Labute approximate surface area is 166 Å². The van der Waals surface area contributed by atoms with Crippen LogP contribution in [0.1, 0.15) is 50.8 Å². The van der Waals surface area contributed by atoms with Crippen molar-refractivity contribution in [2.24, 2.45) is 0 Å². The fraction of sp³-hybridized carbons (Fsp3) is 0.476. The summed E-state index contributed by atoms with van der Waals surface area (Å²) in [5.41, 5.74) is 2.07. The summed E-state index contributed by atoms with van der Waals surface area (Å²) in [5, 5.41) is 10.2. The van der Waals surface area contributed by atoms with Crippen LogP contribution in [0.4, 0.5) is 5.82 Å². The van der Waals surface area contributed by atoms with Gasteiger partial charge in [0.15, 0.2) is 0 Å². The first-order valence-corrected chi connectivity index (χ1v) is 9.70. The number of carbonyl (C=O) groups excluding carboxylic acids is 2. The lowest BCUT2D eigenvalue weighted by Gasteiger charge is -2.19. The number of carbonyl (C=O) groups is 2. The van der Waals surface area contributed by atoms with Crippen molar-refractivity contribution in [3.8, 4) is 0 Å². The molecule has 0 aliphatic heterocycles. The first kappa shape index (κ1) is 21.6. The number of hydrogen-bond acceptors (Lipinski definition) is 5. The van der Waals surface area contributed by atoms with Crippen molar-refractivity contribution in [1.82, 2.24) is 15.1 Å². The van der Waals surface area contributed by atoms with Crippen molar-refractivity contribution in [2.45, 2.75) is 59.2 Å². The average Bonchev–Trinajstić information content (AvgIpc) is 3.06. The molecule has 2 aromatic rings. The Hall–Kier alpha value is -2.67. The summed E-state index contributed by atoms with van der Waals surface area (Å²) in [5.74, 6) is 0.182. The number of benzene rings is 1. The highest BCUT2D eigenvalue weighted by Gasteiger charge is 2.19. The average molecular weight is 386 g/mol. The fourth-order valence-corrected chi connectivity index (χ4v) is 2.82. The molecule has 0 radical (unpaired) electrons. The predicted molar refractivity (Wildman–Crippen MR) is 109 cm³/mol. The van der Waals surface area contributed by atoms with Crippen molar-refractivity contribution in [3.05, 3.63) is 47.7 Å². The van der Waals surface area contributed by atoms with Gasteiger partial charge >= 0.3 is 5.97 Å². The van der Waals surface area contributed by atoms with Crippen molar-refractivity contribution >= 4 is 17.7 Å². The number of rotatable bonds is 10. The molecule has 0 aliphatic carbocycles. The van der Waals surface area contributed by atoms with E-state index in [-0.39, 0.29) is 37.0 Å². The van der Waals surface area contributed by atoms with Gasteiger partial charge in [0.2, 0.25) is 5.91 Å². The monoisotopic (exact) mass is 386 g/mol. The zero-order chi connectivity index (χ0) is 20.5. The largest absolute Gasteiger partial charge is 0.463 e. The summed E-state index contributed by atoms with van der Waals surface area (Å²) >= 11 is 0. The third-order valence-electron chi connectivity index (χ3n) is 4.15. The highest BCUT2D eigenvalue weighted by atomic mass is 16.5. The van der Waals surface area contributed by atoms with Gasteiger partial charge in [0.25, 0.3) is 0 Å². The number of hydrogen-bond donors (Lipinski definition) is 2. The summed E-state index contributed by atoms with van der Waals surface area (Å²) in [4.78, 5) is 24.5. The standard InChI is InChI=1S/C21H30N4O3/c1-5-12-25-19(10-11-23-25)24-20(26)14-22-18(13-21(27)28-15(2)3)17-8-6-16(4)7-9-17/h6-11,15,18,22H,5,12-14H2,1-4H3,(H,24,26). The first-order valence-electron chi connectivity index (χ1n) is 9.70. The van der Waals surface area contributed by atoms with E-state index in [1.54, 1.807) is 16.9 Å². The number of aromatic nitrogens is 2. The van der Waals surface area contributed by atoms with E-state index in [9.17, 15) is 9.59 Å². The van der Waals surface area contributed by atoms with Gasteiger partial charge < -0.3 is 15.4 Å². The Morgan fingerprint density at radius 3 is 2.54 bits per heavy atom. The van der Waals surface area contributed by atoms with Crippen LogP contribution in [0, 0.1) is 6.92 Å². The number of amides is 1. The molecule has 1 aromatic heterocycles. The van der Waals surface area contributed by atoms with E-state index in [2.05, 4.69) is 22.7 Å². The molecule has 7 heteroatoms. The Morgan fingerprint density at radius 1 is 1.18 bits per heavy atom. The number of anilines is 1. The highest BCUT2D eigenvalue weighted by Crippen LogP contribution is 2.18. The molecule has 1 unspecified atom stereocenters. The van der Waals surface area contributed by atoms with Gasteiger partial charge in [0.05, 0.1) is 25.3 Å². The third-order valence-corrected chi connectivity index (χ3v) is 4.15. The van der Waals surface area contributed by atoms with Crippen molar-refractivity contribution in [3.63, 3.8) is 0 Å². The molecule has 0 spiro atoms. The van der Waals surface area contributed by atoms with E-state index in [4.69, 9.17) is 4.74 Å². The van der Waals surface area contributed by atoms with E-state index < -0.39 is 0 Å².